The van der Waals surface area contributed by atoms with Gasteiger partial charge in [-0.25, -0.2) is 4.79 Å². The minimum Gasteiger partial charge on any atom is -0.460 e. The molecular weight excluding hydrogens is 382 g/mol. The molecular formula is C23H35N3O4. The highest BCUT2D eigenvalue weighted by molar-refractivity contribution is 5.97. The lowest BCUT2D eigenvalue weighted by molar-refractivity contribution is -0.161. The molecule has 0 aromatic carbocycles. The maximum absolute atomic E-state index is 12.7. The van der Waals surface area contributed by atoms with Gasteiger partial charge in [-0.15, -0.1) is 0 Å². The Morgan fingerprint density at radius 2 is 1.87 bits per heavy atom. The summed E-state index contributed by atoms with van der Waals surface area (Å²) in [4.78, 5) is 34.0. The number of oxime groups is 1. The van der Waals surface area contributed by atoms with Crippen LogP contribution >= 0.6 is 0 Å². The number of rotatable bonds is 9. The number of aromatic nitrogens is 1. The Bertz CT molecular complexity index is 707. The summed E-state index contributed by atoms with van der Waals surface area (Å²) in [6.07, 6.45) is 12.1. The van der Waals surface area contributed by atoms with Crippen molar-refractivity contribution in [3.63, 3.8) is 0 Å². The molecule has 1 fully saturated rings. The number of nitrogens with zero attached hydrogens (tertiary/aromatic N) is 2. The second-order valence-corrected chi connectivity index (χ2v) is 9.05. The van der Waals surface area contributed by atoms with Gasteiger partial charge in [0.25, 0.3) is 0 Å². The number of esters is 1. The summed E-state index contributed by atoms with van der Waals surface area (Å²) in [5.41, 5.74) is 5.89. The van der Waals surface area contributed by atoms with Crippen LogP contribution in [0.2, 0.25) is 0 Å². The van der Waals surface area contributed by atoms with E-state index in [1.54, 1.807) is 45.3 Å². The lowest BCUT2D eigenvalue weighted by atomic mass is 9.84. The van der Waals surface area contributed by atoms with E-state index in [9.17, 15) is 9.59 Å². The predicted molar refractivity (Wildman–Crippen MR) is 115 cm³/mol. The monoisotopic (exact) mass is 417 g/mol. The van der Waals surface area contributed by atoms with Crippen LogP contribution in [0.1, 0.15) is 84.1 Å². The van der Waals surface area contributed by atoms with Crippen LogP contribution < -0.4 is 5.73 Å². The summed E-state index contributed by atoms with van der Waals surface area (Å²) >= 11 is 0. The van der Waals surface area contributed by atoms with Gasteiger partial charge >= 0.3 is 11.9 Å². The van der Waals surface area contributed by atoms with Crippen molar-refractivity contribution in [3.8, 4) is 0 Å². The van der Waals surface area contributed by atoms with Gasteiger partial charge in [0.2, 0.25) is 0 Å². The van der Waals surface area contributed by atoms with Crippen LogP contribution in [0, 0.1) is 11.8 Å². The van der Waals surface area contributed by atoms with Gasteiger partial charge in [0.1, 0.15) is 5.60 Å². The van der Waals surface area contributed by atoms with Crippen LogP contribution in [0.5, 0.6) is 0 Å². The van der Waals surface area contributed by atoms with Crippen LogP contribution in [-0.4, -0.2) is 28.4 Å². The lowest BCUT2D eigenvalue weighted by Crippen LogP contribution is -2.28. The number of hydrogen-bond donors (Lipinski definition) is 1. The van der Waals surface area contributed by atoms with Crippen molar-refractivity contribution in [1.82, 2.24) is 4.98 Å². The molecule has 1 saturated carbocycles. The van der Waals surface area contributed by atoms with Crippen LogP contribution in [0.4, 0.5) is 0 Å². The topological polar surface area (TPSA) is 104 Å². The highest BCUT2D eigenvalue weighted by Crippen LogP contribution is 2.29. The Morgan fingerprint density at radius 1 is 1.20 bits per heavy atom. The van der Waals surface area contributed by atoms with E-state index in [2.05, 4.69) is 10.1 Å². The van der Waals surface area contributed by atoms with Gasteiger partial charge in [0.05, 0.1) is 12.3 Å². The van der Waals surface area contributed by atoms with E-state index in [0.29, 0.717) is 12.0 Å². The summed E-state index contributed by atoms with van der Waals surface area (Å²) in [5.74, 6) is -0.756. The molecule has 1 aliphatic carbocycles. The standard InChI is InChI=1S/C23H35N3O4/c1-23(2,3)29-20(27)16-19(11-7-10-17-8-5-4-6-9-17)22(28)30-26-21(24)18-12-14-25-15-13-18/h12-15,17,19H,4-11,16H2,1-3H3,(H2,24,26)/t19-/m1/s1. The fourth-order valence-corrected chi connectivity index (χ4v) is 3.76. The van der Waals surface area contributed by atoms with Gasteiger partial charge in [-0.2, -0.15) is 0 Å². The smallest absolute Gasteiger partial charge is 0.338 e. The minimum atomic E-state index is -0.600. The van der Waals surface area contributed by atoms with Gasteiger partial charge in [-0.1, -0.05) is 50.1 Å². The number of ether oxygens (including phenoxy) is 1. The molecule has 0 saturated heterocycles. The molecule has 166 valence electrons. The fourth-order valence-electron chi connectivity index (χ4n) is 3.76. The maximum atomic E-state index is 12.7. The molecule has 2 rings (SSSR count). The minimum absolute atomic E-state index is 0.0224. The molecule has 0 aliphatic heterocycles. The molecule has 1 atom stereocenters. The molecule has 0 bridgehead atoms. The Labute approximate surface area is 179 Å². The highest BCUT2D eigenvalue weighted by Gasteiger charge is 2.27. The van der Waals surface area contributed by atoms with E-state index >= 15 is 0 Å². The predicted octanol–water partition coefficient (Wildman–Crippen LogP) is 4.34. The Morgan fingerprint density at radius 3 is 2.50 bits per heavy atom. The fraction of sp³-hybridized carbons (Fsp3) is 0.652. The Balaban J connectivity index is 1.95. The highest BCUT2D eigenvalue weighted by atomic mass is 16.7. The van der Waals surface area contributed by atoms with E-state index in [-0.39, 0.29) is 12.3 Å². The zero-order valence-corrected chi connectivity index (χ0v) is 18.4. The molecule has 0 spiro atoms. The molecule has 0 amide bonds. The van der Waals surface area contributed by atoms with Crippen molar-refractivity contribution in [2.75, 3.05) is 0 Å². The number of amidine groups is 1. The molecule has 1 aromatic rings. The Hall–Kier alpha value is -2.44. The van der Waals surface area contributed by atoms with E-state index in [4.69, 9.17) is 15.3 Å². The SMILES string of the molecule is CC(C)(C)OC(=O)C[C@@H](CCCC1CCCCC1)C(=O)O/N=C(\N)c1ccncc1. The first kappa shape index (κ1) is 23.8. The van der Waals surface area contributed by atoms with Crippen molar-refractivity contribution in [1.29, 1.82) is 0 Å². The second kappa shape index (κ2) is 11.7. The first-order valence-corrected chi connectivity index (χ1v) is 10.9. The second-order valence-electron chi connectivity index (χ2n) is 9.05. The normalized spacial score (nSPS) is 16.7. The van der Waals surface area contributed by atoms with Crippen molar-refractivity contribution in [2.45, 2.75) is 84.2 Å². The van der Waals surface area contributed by atoms with Crippen LogP contribution in [0.25, 0.3) is 0 Å². The summed E-state index contributed by atoms with van der Waals surface area (Å²) in [6.45, 7) is 5.42. The van der Waals surface area contributed by atoms with E-state index in [1.807, 2.05) is 0 Å². The zero-order chi connectivity index (χ0) is 22.0. The van der Waals surface area contributed by atoms with Crippen LogP contribution in [-0.2, 0) is 19.2 Å². The number of nitrogens with two attached hydrogens (primary N) is 1. The zero-order valence-electron chi connectivity index (χ0n) is 18.4. The third-order valence-corrected chi connectivity index (χ3v) is 5.27. The number of hydrogen-bond acceptors (Lipinski definition) is 6. The third kappa shape index (κ3) is 8.93. The van der Waals surface area contributed by atoms with Crippen molar-refractivity contribution >= 4 is 17.8 Å². The summed E-state index contributed by atoms with van der Waals surface area (Å²) < 4.78 is 5.40. The van der Waals surface area contributed by atoms with E-state index < -0.39 is 23.5 Å². The lowest BCUT2D eigenvalue weighted by Gasteiger charge is -2.23. The number of carbonyl (C=O) groups is 2. The van der Waals surface area contributed by atoms with Gasteiger partial charge < -0.3 is 15.3 Å². The molecule has 7 nitrogen and oxygen atoms in total. The molecule has 2 N–H and O–H groups in total. The number of carbonyl (C=O) groups excluding carboxylic acids is 2. The van der Waals surface area contributed by atoms with Gasteiger partial charge in [0.15, 0.2) is 5.84 Å². The average Bonchev–Trinajstić information content (AvgIpc) is 2.71. The molecule has 0 unspecified atom stereocenters. The molecule has 1 heterocycles. The third-order valence-electron chi connectivity index (χ3n) is 5.27. The van der Waals surface area contributed by atoms with Gasteiger partial charge in [0, 0.05) is 18.0 Å². The Kier molecular flexibility index (Phi) is 9.27. The maximum Gasteiger partial charge on any atom is 0.338 e. The first-order valence-electron chi connectivity index (χ1n) is 10.9. The number of pyridine rings is 1. The molecule has 7 heteroatoms. The molecule has 1 aliphatic rings. The summed E-state index contributed by atoms with van der Waals surface area (Å²) in [5, 5.41) is 3.76. The van der Waals surface area contributed by atoms with Crippen LogP contribution in [0.15, 0.2) is 29.7 Å². The van der Waals surface area contributed by atoms with E-state index in [1.165, 1.54) is 32.1 Å². The largest absolute Gasteiger partial charge is 0.460 e. The average molecular weight is 418 g/mol. The van der Waals surface area contributed by atoms with E-state index in [0.717, 1.165) is 18.8 Å². The summed E-state index contributed by atoms with van der Waals surface area (Å²) in [7, 11) is 0. The van der Waals surface area contributed by atoms with Crippen molar-refractivity contribution in [3.05, 3.63) is 30.1 Å². The summed E-state index contributed by atoms with van der Waals surface area (Å²) in [6, 6.07) is 3.35. The molecule has 1 aromatic heterocycles. The molecule has 30 heavy (non-hydrogen) atoms. The van der Waals surface area contributed by atoms with Crippen molar-refractivity contribution < 1.29 is 19.2 Å². The quantitative estimate of drug-likeness (QED) is 0.211. The van der Waals surface area contributed by atoms with Crippen molar-refractivity contribution in [2.24, 2.45) is 22.7 Å². The molecule has 0 radical (unpaired) electrons. The van der Waals surface area contributed by atoms with Gasteiger partial charge in [-0.3, -0.25) is 9.78 Å². The van der Waals surface area contributed by atoms with Gasteiger partial charge in [-0.05, 0) is 45.2 Å². The van der Waals surface area contributed by atoms with Crippen LogP contribution in [0.3, 0.4) is 0 Å². The first-order chi connectivity index (χ1) is 14.2.